The topological polar surface area (TPSA) is 52.5 Å². The number of aromatic amines is 1. The maximum Gasteiger partial charge on any atom is 1.00 e. The molecular formula is C3H4KN3. The van der Waals surface area contributed by atoms with E-state index in [0.29, 0.717) is 5.69 Å². The molecule has 32 valence electrons. The van der Waals surface area contributed by atoms with Crippen molar-refractivity contribution in [2.24, 2.45) is 0 Å². The zero-order chi connectivity index (χ0) is 4.41. The number of nitrogens with one attached hydrogen (secondary N) is 2. The van der Waals surface area contributed by atoms with E-state index in [1.54, 1.807) is 0 Å². The van der Waals surface area contributed by atoms with E-state index >= 15 is 0 Å². The molecule has 0 amide bonds. The summed E-state index contributed by atoms with van der Waals surface area (Å²) in [4.78, 5) is 0. The van der Waals surface area contributed by atoms with Crippen LogP contribution in [0.2, 0.25) is 0 Å². The van der Waals surface area contributed by atoms with Crippen LogP contribution in [0.4, 0.5) is 5.69 Å². The van der Waals surface area contributed by atoms with Gasteiger partial charge in [-0.3, -0.25) is 5.10 Å². The third-order valence-corrected chi connectivity index (χ3v) is 0.498. The van der Waals surface area contributed by atoms with Gasteiger partial charge in [-0.1, -0.05) is 0 Å². The monoisotopic (exact) mass is 121 g/mol. The molecule has 0 aliphatic rings. The molecular weight excluding hydrogens is 117 g/mol. The van der Waals surface area contributed by atoms with Crippen LogP contribution in [0, 0.1) is 0 Å². The minimum Gasteiger partial charge on any atom is -0.696 e. The molecule has 4 heteroatoms. The summed E-state index contributed by atoms with van der Waals surface area (Å²) >= 11 is 0. The summed E-state index contributed by atoms with van der Waals surface area (Å²) < 4.78 is 0. The molecule has 0 saturated heterocycles. The van der Waals surface area contributed by atoms with Crippen LogP contribution in [0.3, 0.4) is 0 Å². The Morgan fingerprint density at radius 3 is 2.57 bits per heavy atom. The molecule has 7 heavy (non-hydrogen) atoms. The van der Waals surface area contributed by atoms with Crippen LogP contribution < -0.4 is 51.4 Å². The van der Waals surface area contributed by atoms with Gasteiger partial charge < -0.3 is 5.73 Å². The van der Waals surface area contributed by atoms with Gasteiger partial charge in [-0.15, -0.1) is 5.69 Å². The van der Waals surface area contributed by atoms with E-state index in [9.17, 15) is 0 Å². The number of rotatable bonds is 0. The SMILES string of the molecule is [K+].[NH-]c1cn[nH]c1. The fraction of sp³-hybridized carbons (Fsp3) is 0. The zero-order valence-electron chi connectivity index (χ0n) is 4.10. The molecule has 1 heterocycles. The molecule has 0 bridgehead atoms. The molecule has 0 fully saturated rings. The van der Waals surface area contributed by atoms with E-state index in [1.807, 2.05) is 0 Å². The maximum absolute atomic E-state index is 6.78. The third kappa shape index (κ3) is 2.45. The molecule has 0 radical (unpaired) electrons. The molecule has 0 spiro atoms. The van der Waals surface area contributed by atoms with Gasteiger partial charge in [0, 0.05) is 12.4 Å². The number of hydrogen-bond acceptors (Lipinski definition) is 1. The number of nitrogens with zero attached hydrogens (tertiary/aromatic N) is 1. The molecule has 0 aromatic carbocycles. The molecule has 2 N–H and O–H groups in total. The van der Waals surface area contributed by atoms with Crippen LogP contribution >= 0.6 is 0 Å². The Labute approximate surface area is 84.1 Å². The summed E-state index contributed by atoms with van der Waals surface area (Å²) in [5, 5.41) is 6.00. The Balaban J connectivity index is 0.000000360. The second kappa shape index (κ2) is 3.62. The van der Waals surface area contributed by atoms with Crippen molar-refractivity contribution in [3.8, 4) is 0 Å². The fourth-order valence-electron chi connectivity index (χ4n) is 0.251. The van der Waals surface area contributed by atoms with E-state index in [2.05, 4.69) is 10.2 Å². The minimum atomic E-state index is 0. The molecule has 1 aromatic rings. The Kier molecular flexibility index (Phi) is 3.96. The van der Waals surface area contributed by atoms with Gasteiger partial charge in [0.25, 0.3) is 0 Å². The molecule has 0 atom stereocenters. The second-order valence-electron chi connectivity index (χ2n) is 0.987. The summed E-state index contributed by atoms with van der Waals surface area (Å²) in [7, 11) is 0. The minimum absolute atomic E-state index is 0. The smallest absolute Gasteiger partial charge is 0.696 e. The molecule has 1 rings (SSSR count). The number of aromatic nitrogens is 2. The first-order valence-corrected chi connectivity index (χ1v) is 1.60. The van der Waals surface area contributed by atoms with Crippen LogP contribution in [0.15, 0.2) is 12.4 Å². The molecule has 1 aromatic heterocycles. The largest absolute Gasteiger partial charge is 1.00 e. The van der Waals surface area contributed by atoms with Gasteiger partial charge >= 0.3 is 51.4 Å². The molecule has 0 aliphatic carbocycles. The Hall–Kier alpha value is 0.646. The van der Waals surface area contributed by atoms with Crippen molar-refractivity contribution in [3.05, 3.63) is 18.1 Å². The molecule has 0 aliphatic heterocycles. The molecule has 0 saturated carbocycles. The predicted molar refractivity (Wildman–Crippen MR) is 22.6 cm³/mol. The Bertz CT molecular complexity index is 114. The van der Waals surface area contributed by atoms with Crippen LogP contribution in [-0.2, 0) is 0 Å². The van der Waals surface area contributed by atoms with Crippen molar-refractivity contribution >= 4 is 5.69 Å². The van der Waals surface area contributed by atoms with E-state index in [1.165, 1.54) is 12.4 Å². The van der Waals surface area contributed by atoms with Gasteiger partial charge in [0.05, 0.1) is 0 Å². The molecule has 3 nitrogen and oxygen atoms in total. The fourth-order valence-corrected chi connectivity index (χ4v) is 0.251. The Morgan fingerprint density at radius 1 is 1.71 bits per heavy atom. The van der Waals surface area contributed by atoms with Crippen molar-refractivity contribution < 1.29 is 51.4 Å². The van der Waals surface area contributed by atoms with Crippen LogP contribution in [0.25, 0.3) is 5.73 Å². The van der Waals surface area contributed by atoms with E-state index in [0.717, 1.165) is 0 Å². The number of H-pyrrole nitrogens is 1. The normalized spacial score (nSPS) is 7.43. The maximum atomic E-state index is 6.78. The van der Waals surface area contributed by atoms with Crippen LogP contribution in [-0.4, -0.2) is 10.2 Å². The van der Waals surface area contributed by atoms with Crippen LogP contribution in [0.5, 0.6) is 0 Å². The van der Waals surface area contributed by atoms with Crippen molar-refractivity contribution in [1.29, 1.82) is 0 Å². The van der Waals surface area contributed by atoms with E-state index in [-0.39, 0.29) is 51.4 Å². The summed E-state index contributed by atoms with van der Waals surface area (Å²) in [6.07, 6.45) is 2.96. The van der Waals surface area contributed by atoms with E-state index in [4.69, 9.17) is 5.73 Å². The first-order chi connectivity index (χ1) is 2.89. The number of hydrogen-bond donors (Lipinski definition) is 1. The average molecular weight is 121 g/mol. The Morgan fingerprint density at radius 2 is 2.43 bits per heavy atom. The van der Waals surface area contributed by atoms with Gasteiger partial charge in [-0.25, -0.2) is 0 Å². The second-order valence-corrected chi connectivity index (χ2v) is 0.987. The van der Waals surface area contributed by atoms with Gasteiger partial charge in [-0.05, 0) is 0 Å². The molecule has 0 unspecified atom stereocenters. The zero-order valence-corrected chi connectivity index (χ0v) is 7.23. The van der Waals surface area contributed by atoms with Crippen molar-refractivity contribution in [2.45, 2.75) is 0 Å². The van der Waals surface area contributed by atoms with Gasteiger partial charge in [0.1, 0.15) is 0 Å². The predicted octanol–water partition coefficient (Wildman–Crippen LogP) is -1.90. The van der Waals surface area contributed by atoms with Crippen molar-refractivity contribution in [3.63, 3.8) is 0 Å². The van der Waals surface area contributed by atoms with Crippen molar-refractivity contribution in [2.75, 3.05) is 0 Å². The summed E-state index contributed by atoms with van der Waals surface area (Å²) in [5.41, 5.74) is 7.21. The van der Waals surface area contributed by atoms with Crippen molar-refractivity contribution in [1.82, 2.24) is 10.2 Å². The van der Waals surface area contributed by atoms with Gasteiger partial charge in [-0.2, -0.15) is 5.10 Å². The first kappa shape index (κ1) is 7.65. The quantitative estimate of drug-likeness (QED) is 0.400. The average Bonchev–Trinajstić information content (AvgIpc) is 1.86. The standard InChI is InChI=1S/C3H4N3.K/c4-3-1-5-6-2-3;/h1-2,4H,(H,5,6);/q-1;+1. The van der Waals surface area contributed by atoms with Gasteiger partial charge in [0.2, 0.25) is 0 Å². The van der Waals surface area contributed by atoms with Gasteiger partial charge in [0.15, 0.2) is 0 Å². The van der Waals surface area contributed by atoms with E-state index < -0.39 is 0 Å². The summed E-state index contributed by atoms with van der Waals surface area (Å²) in [5.74, 6) is 0. The first-order valence-electron chi connectivity index (χ1n) is 1.60. The van der Waals surface area contributed by atoms with Crippen LogP contribution in [0.1, 0.15) is 0 Å². The third-order valence-electron chi connectivity index (χ3n) is 0.498. The summed E-state index contributed by atoms with van der Waals surface area (Å²) in [6.45, 7) is 0. The summed E-state index contributed by atoms with van der Waals surface area (Å²) in [6, 6.07) is 0.